The summed E-state index contributed by atoms with van der Waals surface area (Å²) in [5.74, 6) is 1.70. The molecule has 1 aliphatic heterocycles. The van der Waals surface area contributed by atoms with E-state index < -0.39 is 0 Å². The van der Waals surface area contributed by atoms with Gasteiger partial charge in [-0.3, -0.25) is 0 Å². The molecule has 0 amide bonds. The van der Waals surface area contributed by atoms with E-state index in [1.165, 1.54) is 11.1 Å². The summed E-state index contributed by atoms with van der Waals surface area (Å²) in [6.45, 7) is 3.20. The highest BCUT2D eigenvalue weighted by Gasteiger charge is 2.29. The Morgan fingerprint density at radius 1 is 1.00 bits per heavy atom. The Morgan fingerprint density at radius 3 is 2.67 bits per heavy atom. The zero-order chi connectivity index (χ0) is 18.2. The van der Waals surface area contributed by atoms with E-state index >= 15 is 0 Å². The van der Waals surface area contributed by atoms with Gasteiger partial charge in [0.25, 0.3) is 5.78 Å². The molecule has 0 aliphatic carbocycles. The van der Waals surface area contributed by atoms with Gasteiger partial charge in [-0.1, -0.05) is 54.6 Å². The zero-order valence-electron chi connectivity index (χ0n) is 15.3. The van der Waals surface area contributed by atoms with E-state index in [0.29, 0.717) is 11.8 Å². The predicted octanol–water partition coefficient (Wildman–Crippen LogP) is 4.44. The molecule has 2 aromatic heterocycles. The molecule has 0 saturated carbocycles. The van der Waals surface area contributed by atoms with Crippen molar-refractivity contribution < 1.29 is 0 Å². The lowest BCUT2D eigenvalue weighted by atomic mass is 9.99. The molecule has 0 N–H and O–H groups in total. The van der Waals surface area contributed by atoms with Gasteiger partial charge in [-0.05, 0) is 30.9 Å². The first-order valence-electron chi connectivity index (χ1n) is 9.39. The number of benzene rings is 2. The van der Waals surface area contributed by atoms with Gasteiger partial charge in [0.2, 0.25) is 0 Å². The van der Waals surface area contributed by atoms with Gasteiger partial charge in [-0.15, -0.1) is 0 Å². The highest BCUT2D eigenvalue weighted by molar-refractivity contribution is 5.66. The molecule has 0 spiro atoms. The monoisotopic (exact) mass is 355 g/mol. The van der Waals surface area contributed by atoms with Gasteiger partial charge in [-0.25, -0.2) is 4.98 Å². The minimum absolute atomic E-state index is 0.352. The van der Waals surface area contributed by atoms with Crippen LogP contribution in [0.15, 0.2) is 67.0 Å². The highest BCUT2D eigenvalue weighted by atomic mass is 15.4. The summed E-state index contributed by atoms with van der Waals surface area (Å²) in [6, 6.07) is 21.4. The Balaban J connectivity index is 1.65. The Labute approximate surface area is 158 Å². The Kier molecular flexibility index (Phi) is 3.85. The van der Waals surface area contributed by atoms with Crippen molar-refractivity contribution >= 4 is 11.6 Å². The molecule has 0 radical (unpaired) electrons. The van der Waals surface area contributed by atoms with Crippen LogP contribution in [0.25, 0.3) is 17.0 Å². The third-order valence-electron chi connectivity index (χ3n) is 5.40. The van der Waals surface area contributed by atoms with Crippen molar-refractivity contribution in [3.8, 4) is 11.3 Å². The van der Waals surface area contributed by atoms with Gasteiger partial charge in [-0.2, -0.15) is 14.6 Å². The molecular weight excluding hydrogens is 334 g/mol. The van der Waals surface area contributed by atoms with Gasteiger partial charge in [0, 0.05) is 18.2 Å². The number of aromatic nitrogens is 4. The molecular formula is C22H21N5. The molecule has 0 bridgehead atoms. The van der Waals surface area contributed by atoms with E-state index in [-0.39, 0.29) is 0 Å². The zero-order valence-corrected chi connectivity index (χ0v) is 15.3. The fourth-order valence-corrected chi connectivity index (χ4v) is 4.08. The molecule has 5 nitrogen and oxygen atoms in total. The first kappa shape index (κ1) is 16.0. The fourth-order valence-electron chi connectivity index (χ4n) is 4.08. The van der Waals surface area contributed by atoms with Crippen molar-refractivity contribution in [3.05, 3.63) is 78.1 Å². The average molecular weight is 355 g/mol. The Hall–Kier alpha value is -3.21. The molecule has 1 aliphatic rings. The summed E-state index contributed by atoms with van der Waals surface area (Å²) in [6.07, 6.45) is 3.89. The van der Waals surface area contributed by atoms with Crippen LogP contribution >= 0.6 is 0 Å². The lowest BCUT2D eigenvalue weighted by molar-refractivity contribution is 0.694. The second-order valence-corrected chi connectivity index (χ2v) is 7.05. The van der Waals surface area contributed by atoms with Crippen LogP contribution in [0.2, 0.25) is 0 Å². The summed E-state index contributed by atoms with van der Waals surface area (Å²) in [4.78, 5) is 11.5. The number of aryl methyl sites for hydroxylation is 1. The van der Waals surface area contributed by atoms with Crippen LogP contribution in [-0.2, 0) is 0 Å². The molecule has 2 aromatic carbocycles. The summed E-state index contributed by atoms with van der Waals surface area (Å²) in [7, 11) is 0. The largest absolute Gasteiger partial charge is 0.349 e. The lowest BCUT2D eigenvalue weighted by Crippen LogP contribution is -2.25. The third-order valence-corrected chi connectivity index (χ3v) is 5.40. The normalized spacial score (nSPS) is 16.9. The lowest BCUT2D eigenvalue weighted by Gasteiger charge is -2.28. The van der Waals surface area contributed by atoms with Gasteiger partial charge >= 0.3 is 0 Å². The number of fused-ring (bicyclic) bond motifs is 1. The molecule has 27 heavy (non-hydrogen) atoms. The summed E-state index contributed by atoms with van der Waals surface area (Å²) < 4.78 is 1.86. The van der Waals surface area contributed by atoms with Crippen molar-refractivity contribution in [1.82, 2.24) is 19.6 Å². The molecule has 4 aromatic rings. The maximum absolute atomic E-state index is 4.72. The van der Waals surface area contributed by atoms with Gasteiger partial charge in [0.15, 0.2) is 0 Å². The fraction of sp³-hybridized carbons (Fsp3) is 0.227. The maximum Gasteiger partial charge on any atom is 0.254 e. The van der Waals surface area contributed by atoms with E-state index in [1.54, 1.807) is 6.33 Å². The molecule has 1 fully saturated rings. The number of hydrogen-bond donors (Lipinski definition) is 0. The first-order chi connectivity index (χ1) is 13.3. The van der Waals surface area contributed by atoms with E-state index in [0.717, 1.165) is 36.5 Å². The molecule has 1 unspecified atom stereocenters. The van der Waals surface area contributed by atoms with Crippen molar-refractivity contribution in [2.75, 3.05) is 11.4 Å². The second-order valence-electron chi connectivity index (χ2n) is 7.05. The smallest absolute Gasteiger partial charge is 0.254 e. The Morgan fingerprint density at radius 2 is 1.81 bits per heavy atom. The van der Waals surface area contributed by atoms with E-state index in [9.17, 15) is 0 Å². The predicted molar refractivity (Wildman–Crippen MR) is 107 cm³/mol. The molecule has 5 rings (SSSR count). The SMILES string of the molecule is Cc1ccccc1C1CCCN1c1cc(-c2ccccc2)nc2ncnn12. The van der Waals surface area contributed by atoms with Crippen LogP contribution in [-0.4, -0.2) is 26.1 Å². The van der Waals surface area contributed by atoms with Crippen molar-refractivity contribution in [3.63, 3.8) is 0 Å². The number of rotatable bonds is 3. The summed E-state index contributed by atoms with van der Waals surface area (Å²) >= 11 is 0. The molecule has 3 heterocycles. The summed E-state index contributed by atoms with van der Waals surface area (Å²) in [5.41, 5.74) is 4.75. The third kappa shape index (κ3) is 2.76. The summed E-state index contributed by atoms with van der Waals surface area (Å²) in [5, 5.41) is 4.45. The van der Waals surface area contributed by atoms with Crippen LogP contribution in [0.1, 0.15) is 30.0 Å². The quantitative estimate of drug-likeness (QED) is 0.545. The van der Waals surface area contributed by atoms with Crippen LogP contribution in [0.3, 0.4) is 0 Å². The van der Waals surface area contributed by atoms with Crippen LogP contribution in [0, 0.1) is 6.92 Å². The van der Waals surface area contributed by atoms with Crippen molar-refractivity contribution in [2.24, 2.45) is 0 Å². The van der Waals surface area contributed by atoms with Crippen LogP contribution < -0.4 is 4.90 Å². The molecule has 134 valence electrons. The van der Waals surface area contributed by atoms with Gasteiger partial charge in [0.1, 0.15) is 12.1 Å². The molecule has 5 heteroatoms. The minimum Gasteiger partial charge on any atom is -0.349 e. The number of hydrogen-bond acceptors (Lipinski definition) is 4. The maximum atomic E-state index is 4.72. The first-order valence-corrected chi connectivity index (χ1v) is 9.39. The number of nitrogens with zero attached hydrogens (tertiary/aromatic N) is 5. The van der Waals surface area contributed by atoms with Crippen LogP contribution in [0.5, 0.6) is 0 Å². The molecule has 1 saturated heterocycles. The standard InChI is InChI=1S/C22H21N5/c1-16-8-5-6-11-18(16)20-12-7-13-26(20)21-14-19(17-9-3-2-4-10-17)25-22-23-15-24-27(21)22/h2-6,8-11,14-15,20H,7,12-13H2,1H3. The van der Waals surface area contributed by atoms with Gasteiger partial charge < -0.3 is 4.90 Å². The van der Waals surface area contributed by atoms with Crippen molar-refractivity contribution in [1.29, 1.82) is 0 Å². The second kappa shape index (κ2) is 6.50. The topological polar surface area (TPSA) is 46.3 Å². The number of anilines is 1. The van der Waals surface area contributed by atoms with Gasteiger partial charge in [0.05, 0.1) is 11.7 Å². The molecule has 1 atom stereocenters. The Bertz CT molecular complexity index is 1090. The van der Waals surface area contributed by atoms with Crippen molar-refractivity contribution in [2.45, 2.75) is 25.8 Å². The minimum atomic E-state index is 0.352. The average Bonchev–Trinajstić information content (AvgIpc) is 3.38. The van der Waals surface area contributed by atoms with Crippen LogP contribution in [0.4, 0.5) is 5.82 Å². The van der Waals surface area contributed by atoms with E-state index in [1.807, 2.05) is 22.7 Å². The van der Waals surface area contributed by atoms with E-state index in [4.69, 9.17) is 4.98 Å². The highest BCUT2D eigenvalue weighted by Crippen LogP contribution is 2.38. The van der Waals surface area contributed by atoms with E-state index in [2.05, 4.69) is 64.4 Å².